The van der Waals surface area contributed by atoms with Crippen LogP contribution in [0.4, 0.5) is 14.5 Å². The molecule has 0 aliphatic rings. The molecular weight excluding hydrogens is 350 g/mol. The van der Waals surface area contributed by atoms with E-state index >= 15 is 0 Å². The van der Waals surface area contributed by atoms with Gasteiger partial charge in [-0.05, 0) is 37.6 Å². The first-order valence-electron chi connectivity index (χ1n) is 7.63. The minimum atomic E-state index is -4.54. The van der Waals surface area contributed by atoms with Crippen LogP contribution in [0.15, 0.2) is 47.4 Å². The fourth-order valence-corrected chi connectivity index (χ4v) is 3.33. The third-order valence-corrected chi connectivity index (χ3v) is 5.01. The van der Waals surface area contributed by atoms with Crippen molar-refractivity contribution >= 4 is 21.6 Å². The maximum atomic E-state index is 13.8. The molecular formula is C17H18F2N2O3S. The molecule has 1 unspecified atom stereocenters. The highest BCUT2D eigenvalue weighted by molar-refractivity contribution is 7.92. The van der Waals surface area contributed by atoms with Gasteiger partial charge in [0.25, 0.3) is 15.9 Å². The van der Waals surface area contributed by atoms with Gasteiger partial charge in [0.1, 0.15) is 11.6 Å². The largest absolute Gasteiger partial charge is 0.350 e. The molecule has 0 fully saturated rings. The SMILES string of the molecule is CCC(C)NC(=O)c1ccccc1NS(=O)(=O)c1c(F)cccc1F. The van der Waals surface area contributed by atoms with Crippen molar-refractivity contribution in [3.63, 3.8) is 0 Å². The van der Waals surface area contributed by atoms with Crippen LogP contribution in [0.25, 0.3) is 0 Å². The zero-order valence-electron chi connectivity index (χ0n) is 13.7. The second-order valence-corrected chi connectivity index (χ2v) is 7.10. The predicted molar refractivity (Wildman–Crippen MR) is 90.8 cm³/mol. The molecule has 2 rings (SSSR count). The molecule has 25 heavy (non-hydrogen) atoms. The molecule has 2 aromatic carbocycles. The quantitative estimate of drug-likeness (QED) is 0.822. The molecule has 0 aliphatic carbocycles. The summed E-state index contributed by atoms with van der Waals surface area (Å²) in [6.07, 6.45) is 0.695. The molecule has 8 heteroatoms. The molecule has 0 spiro atoms. The minimum Gasteiger partial charge on any atom is -0.350 e. The Kier molecular flexibility index (Phi) is 5.73. The number of hydrogen-bond acceptors (Lipinski definition) is 3. The Morgan fingerprint density at radius 1 is 1.08 bits per heavy atom. The summed E-state index contributed by atoms with van der Waals surface area (Å²) in [5.41, 5.74) is -0.00548. The van der Waals surface area contributed by atoms with Crippen LogP contribution in [-0.4, -0.2) is 20.4 Å². The highest BCUT2D eigenvalue weighted by atomic mass is 32.2. The van der Waals surface area contributed by atoms with Gasteiger partial charge in [-0.2, -0.15) is 0 Å². The van der Waals surface area contributed by atoms with Gasteiger partial charge >= 0.3 is 0 Å². The highest BCUT2D eigenvalue weighted by Crippen LogP contribution is 2.24. The lowest BCUT2D eigenvalue weighted by Gasteiger charge is -2.15. The van der Waals surface area contributed by atoms with E-state index in [1.807, 2.05) is 6.92 Å². The Balaban J connectivity index is 2.39. The monoisotopic (exact) mass is 368 g/mol. The van der Waals surface area contributed by atoms with Gasteiger partial charge in [0.2, 0.25) is 0 Å². The lowest BCUT2D eigenvalue weighted by Crippen LogP contribution is -2.32. The van der Waals surface area contributed by atoms with Gasteiger partial charge in [0.05, 0.1) is 11.3 Å². The van der Waals surface area contributed by atoms with Gasteiger partial charge in [0, 0.05) is 6.04 Å². The van der Waals surface area contributed by atoms with Crippen molar-refractivity contribution in [3.8, 4) is 0 Å². The van der Waals surface area contributed by atoms with Crippen LogP contribution in [0, 0.1) is 11.6 Å². The topological polar surface area (TPSA) is 75.3 Å². The van der Waals surface area contributed by atoms with Crippen molar-refractivity contribution in [1.82, 2.24) is 5.32 Å². The molecule has 5 nitrogen and oxygen atoms in total. The number of carbonyl (C=O) groups excluding carboxylic acids is 1. The van der Waals surface area contributed by atoms with Gasteiger partial charge in [-0.1, -0.05) is 25.1 Å². The van der Waals surface area contributed by atoms with E-state index in [-0.39, 0.29) is 17.3 Å². The summed E-state index contributed by atoms with van der Waals surface area (Å²) < 4.78 is 54.4. The second kappa shape index (κ2) is 7.60. The van der Waals surface area contributed by atoms with E-state index in [1.54, 1.807) is 13.0 Å². The molecule has 2 aromatic rings. The van der Waals surface area contributed by atoms with E-state index in [4.69, 9.17) is 0 Å². The summed E-state index contributed by atoms with van der Waals surface area (Å²) in [6, 6.07) is 8.49. The lowest BCUT2D eigenvalue weighted by atomic mass is 10.1. The van der Waals surface area contributed by atoms with Gasteiger partial charge in [0.15, 0.2) is 4.90 Å². The fourth-order valence-electron chi connectivity index (χ4n) is 2.11. The van der Waals surface area contributed by atoms with E-state index in [0.717, 1.165) is 18.2 Å². The standard InChI is InChI=1S/C17H18F2N2O3S/c1-3-11(2)20-17(22)12-7-4-5-10-15(12)21-25(23,24)16-13(18)8-6-9-14(16)19/h4-11,21H,3H2,1-2H3,(H,20,22). The third-order valence-electron chi connectivity index (χ3n) is 3.59. The molecule has 1 amide bonds. The van der Waals surface area contributed by atoms with Crippen LogP contribution in [0.5, 0.6) is 0 Å². The maximum Gasteiger partial charge on any atom is 0.267 e. The van der Waals surface area contributed by atoms with Crippen LogP contribution >= 0.6 is 0 Å². The van der Waals surface area contributed by atoms with E-state index in [0.29, 0.717) is 6.42 Å². The maximum absolute atomic E-state index is 13.8. The number of benzene rings is 2. The zero-order valence-corrected chi connectivity index (χ0v) is 14.5. The van der Waals surface area contributed by atoms with Crippen LogP contribution in [0.3, 0.4) is 0 Å². The van der Waals surface area contributed by atoms with Crippen molar-refractivity contribution in [1.29, 1.82) is 0 Å². The molecule has 2 N–H and O–H groups in total. The van der Waals surface area contributed by atoms with E-state index < -0.39 is 32.5 Å². The predicted octanol–water partition coefficient (Wildman–Crippen LogP) is 3.29. The molecule has 134 valence electrons. The van der Waals surface area contributed by atoms with Gasteiger partial charge in [-0.3, -0.25) is 9.52 Å². The van der Waals surface area contributed by atoms with Crippen molar-refractivity contribution in [3.05, 3.63) is 59.7 Å². The van der Waals surface area contributed by atoms with E-state index in [2.05, 4.69) is 10.0 Å². The summed E-state index contributed by atoms with van der Waals surface area (Å²) in [6.45, 7) is 3.69. The Labute approximate surface area is 145 Å². The van der Waals surface area contributed by atoms with Crippen molar-refractivity contribution in [2.45, 2.75) is 31.2 Å². The minimum absolute atomic E-state index is 0.0584. The molecule has 0 heterocycles. The fraction of sp³-hybridized carbons (Fsp3) is 0.235. The van der Waals surface area contributed by atoms with Crippen LogP contribution in [-0.2, 0) is 10.0 Å². The number of anilines is 1. The number of nitrogens with one attached hydrogen (secondary N) is 2. The number of para-hydroxylation sites is 1. The van der Waals surface area contributed by atoms with Crippen molar-refractivity contribution in [2.75, 3.05) is 4.72 Å². The van der Waals surface area contributed by atoms with Crippen molar-refractivity contribution in [2.24, 2.45) is 0 Å². The number of rotatable bonds is 6. The first-order valence-corrected chi connectivity index (χ1v) is 9.11. The Morgan fingerprint density at radius 3 is 2.28 bits per heavy atom. The van der Waals surface area contributed by atoms with Gasteiger partial charge < -0.3 is 5.32 Å². The normalized spacial score (nSPS) is 12.5. The average Bonchev–Trinajstić information content (AvgIpc) is 2.54. The smallest absolute Gasteiger partial charge is 0.267 e. The highest BCUT2D eigenvalue weighted by Gasteiger charge is 2.25. The Bertz CT molecular complexity index is 865. The van der Waals surface area contributed by atoms with Crippen molar-refractivity contribution < 1.29 is 22.0 Å². The van der Waals surface area contributed by atoms with Gasteiger partial charge in [-0.25, -0.2) is 17.2 Å². The molecule has 0 aliphatic heterocycles. The Morgan fingerprint density at radius 2 is 1.68 bits per heavy atom. The number of hydrogen-bond donors (Lipinski definition) is 2. The summed E-state index contributed by atoms with van der Waals surface area (Å²) in [5.74, 6) is -2.91. The number of carbonyl (C=O) groups is 1. The second-order valence-electron chi connectivity index (χ2n) is 5.48. The lowest BCUT2D eigenvalue weighted by molar-refractivity contribution is 0.0940. The summed E-state index contributed by atoms with van der Waals surface area (Å²) in [5, 5.41) is 2.71. The molecule has 0 bridgehead atoms. The summed E-state index contributed by atoms with van der Waals surface area (Å²) in [7, 11) is -4.54. The van der Waals surface area contributed by atoms with E-state index in [9.17, 15) is 22.0 Å². The molecule has 0 saturated heterocycles. The molecule has 0 saturated carbocycles. The van der Waals surface area contributed by atoms with Crippen LogP contribution < -0.4 is 10.0 Å². The molecule has 0 radical (unpaired) electrons. The van der Waals surface area contributed by atoms with Gasteiger partial charge in [-0.15, -0.1) is 0 Å². The number of sulfonamides is 1. The first-order chi connectivity index (χ1) is 11.8. The number of halogens is 2. The summed E-state index contributed by atoms with van der Waals surface area (Å²) >= 11 is 0. The third kappa shape index (κ3) is 4.33. The average molecular weight is 368 g/mol. The van der Waals surface area contributed by atoms with Crippen LogP contribution in [0.2, 0.25) is 0 Å². The zero-order chi connectivity index (χ0) is 18.6. The Hall–Kier alpha value is -2.48. The number of amides is 1. The van der Waals surface area contributed by atoms with E-state index in [1.165, 1.54) is 18.2 Å². The molecule has 0 aromatic heterocycles. The first kappa shape index (κ1) is 18.9. The van der Waals surface area contributed by atoms with Crippen LogP contribution in [0.1, 0.15) is 30.6 Å². The summed E-state index contributed by atoms with van der Waals surface area (Å²) in [4.78, 5) is 11.2. The molecule has 1 atom stereocenters.